The quantitative estimate of drug-likeness (QED) is 0.737. The minimum Gasteiger partial charge on any atom is -0.478 e. The van der Waals surface area contributed by atoms with Crippen LogP contribution in [0.1, 0.15) is 36.0 Å². The molecule has 0 atom stereocenters. The summed E-state index contributed by atoms with van der Waals surface area (Å²) in [6, 6.07) is 8.53. The van der Waals surface area contributed by atoms with Gasteiger partial charge in [0, 0.05) is 5.02 Å². The van der Waals surface area contributed by atoms with Crippen LogP contribution in [0.4, 0.5) is 5.00 Å². The average Bonchev–Trinajstić information content (AvgIpc) is 2.90. The van der Waals surface area contributed by atoms with Crippen LogP contribution in [0.5, 0.6) is 5.75 Å². The Balaban J connectivity index is 2.08. The highest BCUT2D eigenvalue weighted by Gasteiger charge is 2.31. The fourth-order valence-corrected chi connectivity index (χ4v) is 3.14. The van der Waals surface area contributed by atoms with Gasteiger partial charge < -0.3 is 14.8 Å². The Morgan fingerprint density at radius 1 is 1.24 bits per heavy atom. The van der Waals surface area contributed by atoms with E-state index < -0.39 is 5.60 Å². The van der Waals surface area contributed by atoms with E-state index in [1.807, 2.05) is 0 Å². The zero-order valence-corrected chi connectivity index (χ0v) is 16.1. The first-order valence-electron chi connectivity index (χ1n) is 7.76. The van der Waals surface area contributed by atoms with Crippen molar-refractivity contribution >= 4 is 39.8 Å². The summed E-state index contributed by atoms with van der Waals surface area (Å²) in [5.74, 6) is -0.166. The number of esters is 1. The zero-order chi connectivity index (χ0) is 18.6. The lowest BCUT2D eigenvalue weighted by atomic mass is 10.1. The van der Waals surface area contributed by atoms with Crippen molar-refractivity contribution in [1.29, 1.82) is 0 Å². The van der Waals surface area contributed by atoms with E-state index in [0.29, 0.717) is 27.3 Å². The van der Waals surface area contributed by atoms with Crippen LogP contribution in [0.3, 0.4) is 0 Å². The molecule has 0 unspecified atom stereocenters. The summed E-state index contributed by atoms with van der Waals surface area (Å²) in [4.78, 5) is 24.9. The molecule has 0 bridgehead atoms. The van der Waals surface area contributed by atoms with E-state index in [1.54, 1.807) is 58.0 Å². The predicted molar refractivity (Wildman–Crippen MR) is 99.8 cm³/mol. The summed E-state index contributed by atoms with van der Waals surface area (Å²) < 4.78 is 10.8. The lowest BCUT2D eigenvalue weighted by Gasteiger charge is -2.25. The van der Waals surface area contributed by atoms with Crippen LogP contribution in [0.15, 0.2) is 30.3 Å². The number of carbonyl (C=O) groups is 2. The summed E-state index contributed by atoms with van der Waals surface area (Å²) in [6.07, 6.45) is 0. The fraction of sp³-hybridized carbons (Fsp3) is 0.333. The maximum atomic E-state index is 12.5. The number of thiophene rings is 1. The summed E-state index contributed by atoms with van der Waals surface area (Å²) in [6.45, 7) is 7.20. The molecule has 1 N–H and O–H groups in total. The Hall–Kier alpha value is -2.05. The molecule has 0 saturated heterocycles. The molecule has 2 rings (SSSR count). The second-order valence-corrected chi connectivity index (χ2v) is 7.35. The van der Waals surface area contributed by atoms with Crippen LogP contribution in [0.25, 0.3) is 0 Å². The van der Waals surface area contributed by atoms with Gasteiger partial charge in [-0.05, 0) is 63.6 Å². The zero-order valence-electron chi connectivity index (χ0n) is 14.5. The molecule has 0 aliphatic carbocycles. The number of hydrogen-bond acceptors (Lipinski definition) is 5. The van der Waals surface area contributed by atoms with E-state index >= 15 is 0 Å². The highest BCUT2D eigenvalue weighted by Crippen LogP contribution is 2.29. The Kier molecular flexibility index (Phi) is 6.08. The van der Waals surface area contributed by atoms with Gasteiger partial charge in [-0.3, -0.25) is 4.79 Å². The first kappa shape index (κ1) is 19.3. The molecule has 2 aromatic rings. The van der Waals surface area contributed by atoms with E-state index in [4.69, 9.17) is 21.1 Å². The van der Waals surface area contributed by atoms with Gasteiger partial charge in [0.05, 0.1) is 11.6 Å². The molecule has 0 aliphatic rings. The monoisotopic (exact) mass is 381 g/mol. The van der Waals surface area contributed by atoms with Gasteiger partial charge in [-0.15, -0.1) is 11.3 Å². The Morgan fingerprint density at radius 3 is 2.48 bits per heavy atom. The smallest absolute Gasteiger partial charge is 0.348 e. The van der Waals surface area contributed by atoms with Gasteiger partial charge in [0.2, 0.25) is 0 Å². The molecule has 0 spiro atoms. The molecule has 134 valence electrons. The molecule has 1 heterocycles. The highest BCUT2D eigenvalue weighted by molar-refractivity contribution is 7.18. The maximum Gasteiger partial charge on any atom is 0.348 e. The van der Waals surface area contributed by atoms with Crippen LogP contribution in [-0.4, -0.2) is 24.1 Å². The first-order valence-corrected chi connectivity index (χ1v) is 8.96. The van der Waals surface area contributed by atoms with Gasteiger partial charge in [0.1, 0.15) is 10.6 Å². The fourth-order valence-electron chi connectivity index (χ4n) is 2.05. The Morgan fingerprint density at radius 2 is 1.88 bits per heavy atom. The number of benzene rings is 1. The summed E-state index contributed by atoms with van der Waals surface area (Å²) in [7, 11) is 0. The van der Waals surface area contributed by atoms with Gasteiger partial charge in [0.25, 0.3) is 5.91 Å². The number of anilines is 1. The van der Waals surface area contributed by atoms with Crippen molar-refractivity contribution < 1.29 is 19.1 Å². The molecule has 1 aromatic heterocycles. The Bertz CT molecular complexity index is 768. The topological polar surface area (TPSA) is 64.6 Å². The molecular formula is C18H20ClNO4S. The third-order valence-electron chi connectivity index (χ3n) is 3.35. The number of nitrogens with one attached hydrogen (secondary N) is 1. The van der Waals surface area contributed by atoms with Crippen LogP contribution in [-0.2, 0) is 9.53 Å². The maximum absolute atomic E-state index is 12.5. The molecule has 0 saturated carbocycles. The lowest BCUT2D eigenvalue weighted by molar-refractivity contribution is -0.128. The standard InChI is InChI=1S/C18H20ClNO4S/c1-5-23-16(21)15-11(2)10-14(25-15)20-17(22)18(3,4)24-13-8-6-12(19)7-9-13/h6-10H,5H2,1-4H3,(H,20,22). The van der Waals surface area contributed by atoms with Crippen LogP contribution in [0, 0.1) is 6.92 Å². The third-order valence-corrected chi connectivity index (χ3v) is 4.73. The molecule has 25 heavy (non-hydrogen) atoms. The number of carbonyl (C=O) groups excluding carboxylic acids is 2. The number of halogens is 1. The second kappa shape index (κ2) is 7.89. The third kappa shape index (κ3) is 4.96. The summed E-state index contributed by atoms with van der Waals surface area (Å²) in [5, 5.41) is 3.95. The second-order valence-electron chi connectivity index (χ2n) is 5.86. The van der Waals surface area contributed by atoms with Crippen molar-refractivity contribution in [1.82, 2.24) is 0 Å². The Labute approximate surface area is 155 Å². The largest absolute Gasteiger partial charge is 0.478 e. The molecule has 7 heteroatoms. The summed E-state index contributed by atoms with van der Waals surface area (Å²) >= 11 is 7.03. The van der Waals surface area contributed by atoms with Crippen LogP contribution < -0.4 is 10.1 Å². The normalized spacial score (nSPS) is 11.1. The molecule has 0 fully saturated rings. The molecular weight excluding hydrogens is 362 g/mol. The molecule has 1 aromatic carbocycles. The minimum atomic E-state index is -1.10. The number of amides is 1. The number of ether oxygens (including phenoxy) is 2. The van der Waals surface area contributed by atoms with Crippen molar-refractivity contribution in [3.8, 4) is 5.75 Å². The van der Waals surface area contributed by atoms with E-state index in [-0.39, 0.29) is 11.9 Å². The summed E-state index contributed by atoms with van der Waals surface area (Å²) in [5.41, 5.74) is -0.342. The van der Waals surface area contributed by atoms with Crippen molar-refractivity contribution in [2.45, 2.75) is 33.3 Å². The minimum absolute atomic E-state index is 0.305. The first-order chi connectivity index (χ1) is 11.7. The van der Waals surface area contributed by atoms with Crippen molar-refractivity contribution in [2.24, 2.45) is 0 Å². The van der Waals surface area contributed by atoms with E-state index in [1.165, 1.54) is 11.3 Å². The SMILES string of the molecule is CCOC(=O)c1sc(NC(=O)C(C)(C)Oc2ccc(Cl)cc2)cc1C. The number of rotatable bonds is 6. The van der Waals surface area contributed by atoms with Gasteiger partial charge in [-0.1, -0.05) is 11.6 Å². The van der Waals surface area contributed by atoms with E-state index in [9.17, 15) is 9.59 Å². The molecule has 0 radical (unpaired) electrons. The van der Waals surface area contributed by atoms with E-state index in [0.717, 1.165) is 5.56 Å². The molecule has 5 nitrogen and oxygen atoms in total. The lowest BCUT2D eigenvalue weighted by Crippen LogP contribution is -2.42. The van der Waals surface area contributed by atoms with Crippen molar-refractivity contribution in [2.75, 3.05) is 11.9 Å². The van der Waals surface area contributed by atoms with Crippen molar-refractivity contribution in [3.05, 3.63) is 45.8 Å². The van der Waals surface area contributed by atoms with Gasteiger partial charge in [-0.2, -0.15) is 0 Å². The molecule has 0 aliphatic heterocycles. The van der Waals surface area contributed by atoms with Crippen molar-refractivity contribution in [3.63, 3.8) is 0 Å². The number of hydrogen-bond donors (Lipinski definition) is 1. The predicted octanol–water partition coefficient (Wildman–Crippen LogP) is 4.68. The van der Waals surface area contributed by atoms with Gasteiger partial charge >= 0.3 is 5.97 Å². The van der Waals surface area contributed by atoms with Crippen LogP contribution in [0.2, 0.25) is 5.02 Å². The van der Waals surface area contributed by atoms with E-state index in [2.05, 4.69) is 5.32 Å². The average molecular weight is 382 g/mol. The van der Waals surface area contributed by atoms with Crippen LogP contribution >= 0.6 is 22.9 Å². The number of aryl methyl sites for hydroxylation is 1. The molecule has 1 amide bonds. The highest BCUT2D eigenvalue weighted by atomic mass is 35.5. The van der Waals surface area contributed by atoms with Gasteiger partial charge in [0.15, 0.2) is 5.60 Å². The van der Waals surface area contributed by atoms with Gasteiger partial charge in [-0.25, -0.2) is 4.79 Å².